The second-order valence-corrected chi connectivity index (χ2v) is 9.33. The monoisotopic (exact) mass is 430 g/mol. The van der Waals surface area contributed by atoms with Crippen molar-refractivity contribution < 1.29 is 9.53 Å². The van der Waals surface area contributed by atoms with Crippen LogP contribution >= 0.6 is 12.2 Å². The normalized spacial score (nSPS) is 19.5. The molecule has 1 aromatic heterocycles. The highest BCUT2D eigenvalue weighted by atomic mass is 32.1. The van der Waals surface area contributed by atoms with Crippen molar-refractivity contribution in [1.29, 1.82) is 0 Å². The number of hydrogen-bond acceptors (Lipinski definition) is 4. The van der Waals surface area contributed by atoms with Gasteiger partial charge >= 0.3 is 0 Å². The van der Waals surface area contributed by atoms with E-state index in [1.165, 1.54) is 19.3 Å². The molecule has 1 aliphatic rings. The molecule has 0 spiro atoms. The molecular formula is C23H34N4O2S. The Labute approximate surface area is 184 Å². The summed E-state index contributed by atoms with van der Waals surface area (Å²) >= 11 is 5.38. The van der Waals surface area contributed by atoms with E-state index in [9.17, 15) is 4.79 Å². The minimum atomic E-state index is 0.0805. The topological polar surface area (TPSA) is 71.9 Å². The van der Waals surface area contributed by atoms with Gasteiger partial charge in [-0.05, 0) is 73.5 Å². The number of nitrogens with one attached hydrogen (secondary N) is 2. The molecule has 1 fully saturated rings. The van der Waals surface area contributed by atoms with Crippen LogP contribution in [0.5, 0.6) is 5.75 Å². The van der Waals surface area contributed by atoms with Crippen LogP contribution in [0, 0.1) is 16.1 Å². The molecule has 6 nitrogen and oxygen atoms in total. The predicted molar refractivity (Wildman–Crippen MR) is 122 cm³/mol. The molecule has 1 aromatic carbocycles. The van der Waals surface area contributed by atoms with Crippen molar-refractivity contribution in [1.82, 2.24) is 20.1 Å². The van der Waals surface area contributed by atoms with Crippen molar-refractivity contribution in [2.45, 2.75) is 71.9 Å². The third-order valence-electron chi connectivity index (χ3n) is 6.78. The van der Waals surface area contributed by atoms with Crippen molar-refractivity contribution in [3.05, 3.63) is 29.0 Å². The summed E-state index contributed by atoms with van der Waals surface area (Å²) in [6.45, 7) is 7.51. The standard InChI is InChI=1S/C23H34N4O2S/c1-5-23(2,3)17-8-10-18(11-9-17)24-20(28)14-15-27-21(25-26-22(27)30)16-6-12-19(29-4)13-7-16/h6-7,12-13,17-18H,5,8-11,14-15H2,1-4H3,(H,24,28)(H,26,30). The van der Waals surface area contributed by atoms with Gasteiger partial charge in [-0.2, -0.15) is 5.10 Å². The van der Waals surface area contributed by atoms with Gasteiger partial charge in [-0.1, -0.05) is 27.2 Å². The molecule has 0 aliphatic heterocycles. The van der Waals surface area contributed by atoms with Crippen molar-refractivity contribution in [2.24, 2.45) is 11.3 Å². The van der Waals surface area contributed by atoms with Gasteiger partial charge < -0.3 is 10.1 Å². The van der Waals surface area contributed by atoms with Crippen LogP contribution in [-0.4, -0.2) is 33.8 Å². The van der Waals surface area contributed by atoms with Crippen LogP contribution in [0.2, 0.25) is 0 Å². The van der Waals surface area contributed by atoms with E-state index in [1.54, 1.807) is 7.11 Å². The van der Waals surface area contributed by atoms with Gasteiger partial charge in [-0.3, -0.25) is 14.5 Å². The highest BCUT2D eigenvalue weighted by Gasteiger charge is 2.32. The molecule has 7 heteroatoms. The zero-order chi connectivity index (χ0) is 21.7. The van der Waals surface area contributed by atoms with E-state index in [4.69, 9.17) is 17.0 Å². The smallest absolute Gasteiger partial charge is 0.222 e. The lowest BCUT2D eigenvalue weighted by Gasteiger charge is -2.39. The summed E-state index contributed by atoms with van der Waals surface area (Å²) in [6.07, 6.45) is 6.12. The second kappa shape index (κ2) is 9.77. The van der Waals surface area contributed by atoms with Crippen LogP contribution in [0.4, 0.5) is 0 Å². The van der Waals surface area contributed by atoms with Crippen LogP contribution in [0.1, 0.15) is 59.3 Å². The van der Waals surface area contributed by atoms with Crippen molar-refractivity contribution in [2.75, 3.05) is 7.11 Å². The first-order chi connectivity index (χ1) is 14.3. The fourth-order valence-corrected chi connectivity index (χ4v) is 4.53. The Hall–Kier alpha value is -2.15. The highest BCUT2D eigenvalue weighted by molar-refractivity contribution is 7.71. The zero-order valence-corrected chi connectivity index (χ0v) is 19.3. The number of aromatic nitrogens is 3. The lowest BCUT2D eigenvalue weighted by Crippen LogP contribution is -2.40. The van der Waals surface area contributed by atoms with Crippen molar-refractivity contribution >= 4 is 18.1 Å². The molecular weight excluding hydrogens is 396 g/mol. The van der Waals surface area contributed by atoms with Gasteiger partial charge in [0, 0.05) is 24.6 Å². The summed E-state index contributed by atoms with van der Waals surface area (Å²) < 4.78 is 7.62. The van der Waals surface area contributed by atoms with Crippen molar-refractivity contribution in [3.8, 4) is 17.1 Å². The number of methoxy groups -OCH3 is 1. The van der Waals surface area contributed by atoms with Crippen LogP contribution < -0.4 is 10.1 Å². The van der Waals surface area contributed by atoms with E-state index in [-0.39, 0.29) is 5.91 Å². The number of nitrogens with zero attached hydrogens (tertiary/aromatic N) is 2. The first-order valence-corrected chi connectivity index (χ1v) is 11.3. The molecule has 0 bridgehead atoms. The molecule has 0 atom stereocenters. The molecule has 1 heterocycles. The number of hydrogen-bond donors (Lipinski definition) is 2. The molecule has 2 N–H and O–H groups in total. The van der Waals surface area contributed by atoms with E-state index < -0.39 is 0 Å². The Morgan fingerprint density at radius 2 is 1.93 bits per heavy atom. The first-order valence-electron chi connectivity index (χ1n) is 10.9. The van der Waals surface area contributed by atoms with Gasteiger partial charge in [0.1, 0.15) is 5.75 Å². The van der Waals surface area contributed by atoms with Crippen LogP contribution in [-0.2, 0) is 11.3 Å². The largest absolute Gasteiger partial charge is 0.497 e. The quantitative estimate of drug-likeness (QED) is 0.570. The summed E-state index contributed by atoms with van der Waals surface area (Å²) in [4.78, 5) is 12.6. The SMILES string of the molecule is CCC(C)(C)C1CCC(NC(=O)CCn2c(-c3ccc(OC)cc3)n[nH]c2=S)CC1. The highest BCUT2D eigenvalue weighted by Crippen LogP contribution is 2.40. The maximum Gasteiger partial charge on any atom is 0.222 e. The Kier molecular flexibility index (Phi) is 7.34. The summed E-state index contributed by atoms with van der Waals surface area (Å²) in [7, 11) is 1.64. The summed E-state index contributed by atoms with van der Waals surface area (Å²) in [6, 6.07) is 7.95. The van der Waals surface area contributed by atoms with Crippen LogP contribution in [0.3, 0.4) is 0 Å². The van der Waals surface area contributed by atoms with E-state index in [0.29, 0.717) is 29.2 Å². The fourth-order valence-electron chi connectivity index (χ4n) is 4.31. The number of rotatable bonds is 8. The van der Waals surface area contributed by atoms with Gasteiger partial charge in [-0.25, -0.2) is 0 Å². The summed E-state index contributed by atoms with van der Waals surface area (Å²) in [5.74, 6) is 2.36. The Balaban J connectivity index is 1.54. The van der Waals surface area contributed by atoms with E-state index in [2.05, 4.69) is 36.3 Å². The average molecular weight is 431 g/mol. The summed E-state index contributed by atoms with van der Waals surface area (Å²) in [5, 5.41) is 10.4. The maximum absolute atomic E-state index is 12.6. The number of carbonyl (C=O) groups excluding carboxylic acids is 1. The number of ether oxygens (including phenoxy) is 1. The maximum atomic E-state index is 12.6. The number of benzene rings is 1. The van der Waals surface area contributed by atoms with Crippen molar-refractivity contribution in [3.63, 3.8) is 0 Å². The molecule has 0 radical (unpaired) electrons. The van der Waals surface area contributed by atoms with E-state index in [1.807, 2.05) is 28.8 Å². The third-order valence-corrected chi connectivity index (χ3v) is 7.09. The minimum Gasteiger partial charge on any atom is -0.497 e. The number of H-pyrrole nitrogens is 1. The Morgan fingerprint density at radius 3 is 2.53 bits per heavy atom. The van der Waals surface area contributed by atoms with Gasteiger partial charge in [0.25, 0.3) is 0 Å². The lowest BCUT2D eigenvalue weighted by atomic mass is 9.69. The molecule has 1 aliphatic carbocycles. The molecule has 3 rings (SSSR count). The summed E-state index contributed by atoms with van der Waals surface area (Å²) in [5.41, 5.74) is 1.32. The Bertz CT molecular complexity index is 893. The van der Waals surface area contributed by atoms with Gasteiger partial charge in [0.15, 0.2) is 10.6 Å². The molecule has 0 saturated heterocycles. The first kappa shape index (κ1) is 22.5. The molecule has 30 heavy (non-hydrogen) atoms. The van der Waals surface area contributed by atoms with Gasteiger partial charge in [0.2, 0.25) is 5.91 Å². The Morgan fingerprint density at radius 1 is 1.27 bits per heavy atom. The van der Waals surface area contributed by atoms with Crippen LogP contribution in [0.15, 0.2) is 24.3 Å². The molecule has 1 amide bonds. The average Bonchev–Trinajstić information content (AvgIpc) is 3.13. The van der Waals surface area contributed by atoms with Crippen LogP contribution in [0.25, 0.3) is 11.4 Å². The molecule has 1 saturated carbocycles. The third kappa shape index (κ3) is 5.31. The number of amides is 1. The zero-order valence-electron chi connectivity index (χ0n) is 18.5. The molecule has 0 unspecified atom stereocenters. The lowest BCUT2D eigenvalue weighted by molar-refractivity contribution is -0.122. The fraction of sp³-hybridized carbons (Fsp3) is 0.609. The predicted octanol–water partition coefficient (Wildman–Crippen LogP) is 5.12. The van der Waals surface area contributed by atoms with E-state index >= 15 is 0 Å². The van der Waals surface area contributed by atoms with E-state index in [0.717, 1.165) is 35.9 Å². The minimum absolute atomic E-state index is 0.0805. The van der Waals surface area contributed by atoms with Gasteiger partial charge in [0.05, 0.1) is 7.11 Å². The second-order valence-electron chi connectivity index (χ2n) is 8.94. The number of carbonyl (C=O) groups is 1. The number of aromatic amines is 1. The van der Waals surface area contributed by atoms with Gasteiger partial charge in [-0.15, -0.1) is 0 Å². The molecule has 2 aromatic rings. The molecule has 164 valence electrons.